The summed E-state index contributed by atoms with van der Waals surface area (Å²) in [6, 6.07) is 0. The van der Waals surface area contributed by atoms with Crippen molar-refractivity contribution in [1.82, 2.24) is 15.1 Å². The lowest BCUT2D eigenvalue weighted by Gasteiger charge is -2.27. The lowest BCUT2D eigenvalue weighted by atomic mass is 10.3. The van der Waals surface area contributed by atoms with Gasteiger partial charge in [0.15, 0.2) is 0 Å². The van der Waals surface area contributed by atoms with Crippen molar-refractivity contribution in [2.24, 2.45) is 0 Å². The molecule has 0 saturated carbocycles. The molecule has 140 valence electrons. The van der Waals surface area contributed by atoms with E-state index < -0.39 is 0 Å². The van der Waals surface area contributed by atoms with Gasteiger partial charge in [-0.15, -0.1) is 0 Å². The van der Waals surface area contributed by atoms with E-state index in [2.05, 4.69) is 15.1 Å². The molecule has 0 aromatic carbocycles. The molecule has 7 heteroatoms. The zero-order valence-corrected chi connectivity index (χ0v) is 14.5. The summed E-state index contributed by atoms with van der Waals surface area (Å²) in [4.78, 5) is 4.60. The number of rotatable bonds is 18. The Labute approximate surface area is 140 Å². The number of hydrogen-bond acceptors (Lipinski definition) is 7. The standard InChI is InChI=1S/C16H37N3O4/c20-13-1-5-17-6-10-19(9-4-16-23)12-11-18(7-2-14-21)8-3-15-22/h17,20-23H,1-16H2. The maximum absolute atomic E-state index is 9.03. The largest absolute Gasteiger partial charge is 0.396 e. The quantitative estimate of drug-likeness (QED) is 0.199. The first-order valence-corrected chi connectivity index (χ1v) is 8.87. The highest BCUT2D eigenvalue weighted by molar-refractivity contribution is 4.65. The number of nitrogens with zero attached hydrogens (tertiary/aromatic N) is 2. The first-order valence-electron chi connectivity index (χ1n) is 8.87. The molecule has 0 unspecified atom stereocenters. The van der Waals surface area contributed by atoms with E-state index in [-0.39, 0.29) is 26.4 Å². The van der Waals surface area contributed by atoms with Crippen molar-refractivity contribution in [3.05, 3.63) is 0 Å². The van der Waals surface area contributed by atoms with E-state index in [1.165, 1.54) is 0 Å². The number of aliphatic hydroxyl groups excluding tert-OH is 4. The molecule has 23 heavy (non-hydrogen) atoms. The van der Waals surface area contributed by atoms with Gasteiger partial charge in [-0.25, -0.2) is 0 Å². The summed E-state index contributed by atoms with van der Waals surface area (Å²) >= 11 is 0. The molecule has 0 fully saturated rings. The number of nitrogens with one attached hydrogen (secondary N) is 1. The van der Waals surface area contributed by atoms with E-state index in [1.807, 2.05) is 0 Å². The van der Waals surface area contributed by atoms with E-state index in [1.54, 1.807) is 0 Å². The molecule has 0 amide bonds. The maximum Gasteiger partial charge on any atom is 0.0443 e. The average Bonchev–Trinajstić information content (AvgIpc) is 2.57. The van der Waals surface area contributed by atoms with E-state index in [9.17, 15) is 0 Å². The molecule has 0 radical (unpaired) electrons. The van der Waals surface area contributed by atoms with Gasteiger partial charge in [0.2, 0.25) is 0 Å². The molecule has 0 heterocycles. The van der Waals surface area contributed by atoms with Crippen molar-refractivity contribution < 1.29 is 20.4 Å². The third-order valence-electron chi connectivity index (χ3n) is 3.75. The van der Waals surface area contributed by atoms with Gasteiger partial charge in [-0.05, 0) is 32.2 Å². The summed E-state index contributed by atoms with van der Waals surface area (Å²) in [5.74, 6) is 0. The Morgan fingerprint density at radius 1 is 0.478 bits per heavy atom. The highest BCUT2D eigenvalue weighted by Gasteiger charge is 2.09. The zero-order chi connectivity index (χ0) is 17.2. The first kappa shape index (κ1) is 22.7. The molecule has 0 aromatic heterocycles. The van der Waals surface area contributed by atoms with Gasteiger partial charge in [-0.2, -0.15) is 0 Å². The fourth-order valence-electron chi connectivity index (χ4n) is 2.40. The second kappa shape index (κ2) is 18.1. The fraction of sp³-hybridized carbons (Fsp3) is 1.00. The molecule has 0 spiro atoms. The molecule has 0 aliphatic heterocycles. The molecule has 0 aliphatic rings. The molecule has 0 aliphatic carbocycles. The van der Waals surface area contributed by atoms with Gasteiger partial charge in [0.25, 0.3) is 0 Å². The van der Waals surface area contributed by atoms with Crippen LogP contribution in [0, 0.1) is 0 Å². The average molecular weight is 335 g/mol. The monoisotopic (exact) mass is 335 g/mol. The summed E-state index contributed by atoms with van der Waals surface area (Å²) in [7, 11) is 0. The van der Waals surface area contributed by atoms with Crippen molar-refractivity contribution in [3.63, 3.8) is 0 Å². The molecule has 5 N–H and O–H groups in total. The van der Waals surface area contributed by atoms with Crippen LogP contribution in [0.4, 0.5) is 0 Å². The van der Waals surface area contributed by atoms with E-state index in [0.717, 1.165) is 78.0 Å². The molecule has 0 rings (SSSR count). The summed E-state index contributed by atoms with van der Waals surface area (Å²) in [6.45, 7) is 7.79. The summed E-state index contributed by atoms with van der Waals surface area (Å²) in [6.07, 6.45) is 3.05. The minimum absolute atomic E-state index is 0.193. The Balaban J connectivity index is 4.08. The van der Waals surface area contributed by atoms with Crippen molar-refractivity contribution in [1.29, 1.82) is 0 Å². The van der Waals surface area contributed by atoms with Crippen LogP contribution in [0.25, 0.3) is 0 Å². The molecule has 0 bridgehead atoms. The predicted octanol–water partition coefficient (Wildman–Crippen LogP) is -1.29. The van der Waals surface area contributed by atoms with Gasteiger partial charge in [0.05, 0.1) is 0 Å². The topological polar surface area (TPSA) is 99.4 Å². The number of aliphatic hydroxyl groups is 4. The first-order chi connectivity index (χ1) is 11.3. The van der Waals surface area contributed by atoms with Gasteiger partial charge < -0.3 is 35.5 Å². The summed E-state index contributed by atoms with van der Waals surface area (Å²) in [5.41, 5.74) is 0. The summed E-state index contributed by atoms with van der Waals surface area (Å²) < 4.78 is 0. The molecular formula is C16H37N3O4. The lowest BCUT2D eigenvalue weighted by molar-refractivity contribution is 0.166. The highest BCUT2D eigenvalue weighted by atomic mass is 16.3. The fourth-order valence-corrected chi connectivity index (χ4v) is 2.40. The third-order valence-corrected chi connectivity index (χ3v) is 3.75. The molecule has 0 atom stereocenters. The zero-order valence-electron chi connectivity index (χ0n) is 14.5. The second-order valence-electron chi connectivity index (χ2n) is 5.74. The molecule has 7 nitrogen and oxygen atoms in total. The number of hydrogen-bond donors (Lipinski definition) is 5. The van der Waals surface area contributed by atoms with E-state index >= 15 is 0 Å². The van der Waals surface area contributed by atoms with Crippen LogP contribution in [0.5, 0.6) is 0 Å². The van der Waals surface area contributed by atoms with Gasteiger partial charge in [0.1, 0.15) is 0 Å². The van der Waals surface area contributed by atoms with Crippen LogP contribution in [0.2, 0.25) is 0 Å². The third kappa shape index (κ3) is 15.0. The molecular weight excluding hydrogens is 298 g/mol. The van der Waals surface area contributed by atoms with Crippen LogP contribution in [-0.2, 0) is 0 Å². The van der Waals surface area contributed by atoms with Crippen LogP contribution in [0.3, 0.4) is 0 Å². The van der Waals surface area contributed by atoms with Gasteiger partial charge in [-0.3, -0.25) is 0 Å². The SMILES string of the molecule is OCCCNCCN(CCCO)CCN(CCCO)CCCO. The van der Waals surface area contributed by atoms with Crippen molar-refractivity contribution in [2.75, 3.05) is 78.8 Å². The summed E-state index contributed by atoms with van der Waals surface area (Å²) in [5, 5.41) is 39.1. The normalized spacial score (nSPS) is 11.7. The Morgan fingerprint density at radius 3 is 1.35 bits per heavy atom. The van der Waals surface area contributed by atoms with Gasteiger partial charge in [0, 0.05) is 72.2 Å². The van der Waals surface area contributed by atoms with Crippen molar-refractivity contribution >= 4 is 0 Å². The van der Waals surface area contributed by atoms with E-state index in [0.29, 0.717) is 0 Å². The van der Waals surface area contributed by atoms with Crippen LogP contribution in [0.1, 0.15) is 25.7 Å². The smallest absolute Gasteiger partial charge is 0.0443 e. The minimum atomic E-state index is 0.193. The molecule has 0 aromatic rings. The van der Waals surface area contributed by atoms with Crippen LogP contribution < -0.4 is 5.32 Å². The minimum Gasteiger partial charge on any atom is -0.396 e. The van der Waals surface area contributed by atoms with Crippen molar-refractivity contribution in [2.45, 2.75) is 25.7 Å². The van der Waals surface area contributed by atoms with Crippen LogP contribution in [0.15, 0.2) is 0 Å². The van der Waals surface area contributed by atoms with Crippen molar-refractivity contribution in [3.8, 4) is 0 Å². The highest BCUT2D eigenvalue weighted by Crippen LogP contribution is 1.98. The predicted molar refractivity (Wildman–Crippen MR) is 92.6 cm³/mol. The Bertz CT molecular complexity index is 227. The Kier molecular flexibility index (Phi) is 17.8. The molecule has 0 saturated heterocycles. The van der Waals surface area contributed by atoms with Crippen LogP contribution in [-0.4, -0.2) is 109 Å². The van der Waals surface area contributed by atoms with Crippen LogP contribution >= 0.6 is 0 Å². The van der Waals surface area contributed by atoms with Gasteiger partial charge >= 0.3 is 0 Å². The maximum atomic E-state index is 9.03. The lowest BCUT2D eigenvalue weighted by Crippen LogP contribution is -2.40. The second-order valence-corrected chi connectivity index (χ2v) is 5.74. The van der Waals surface area contributed by atoms with E-state index in [4.69, 9.17) is 20.4 Å². The Hall–Kier alpha value is -0.280. The Morgan fingerprint density at radius 2 is 0.913 bits per heavy atom. The van der Waals surface area contributed by atoms with Gasteiger partial charge in [-0.1, -0.05) is 0 Å².